The van der Waals surface area contributed by atoms with E-state index in [1.165, 1.54) is 24.1 Å². The fourth-order valence-electron chi connectivity index (χ4n) is 5.40. The molecule has 0 spiro atoms. The third kappa shape index (κ3) is 6.03. The van der Waals surface area contributed by atoms with Gasteiger partial charge in [0.1, 0.15) is 11.9 Å². The van der Waals surface area contributed by atoms with Crippen molar-refractivity contribution in [2.75, 3.05) is 7.11 Å². The van der Waals surface area contributed by atoms with Crippen molar-refractivity contribution in [3.05, 3.63) is 112 Å². The van der Waals surface area contributed by atoms with E-state index in [1.807, 2.05) is 0 Å². The van der Waals surface area contributed by atoms with Gasteiger partial charge in [-0.1, -0.05) is 41.9 Å². The molecule has 1 aliphatic heterocycles. The summed E-state index contributed by atoms with van der Waals surface area (Å²) in [5.41, 5.74) is 3.35. The van der Waals surface area contributed by atoms with Crippen LogP contribution in [0.25, 0.3) is 22.3 Å². The summed E-state index contributed by atoms with van der Waals surface area (Å²) in [5.74, 6) is -0.634. The molecule has 0 saturated carbocycles. The third-order valence-electron chi connectivity index (χ3n) is 7.62. The molecule has 1 amide bonds. The van der Waals surface area contributed by atoms with Crippen LogP contribution in [0.5, 0.6) is 5.75 Å². The fraction of sp³-hybridized carbons (Fsp3) is 0.212. The average Bonchev–Trinajstić information content (AvgIpc) is 3.24. The Kier molecular flexibility index (Phi) is 8.12. The van der Waals surface area contributed by atoms with E-state index in [0.29, 0.717) is 38.6 Å². The van der Waals surface area contributed by atoms with Gasteiger partial charge in [0.05, 0.1) is 30.8 Å². The zero-order valence-corrected chi connectivity index (χ0v) is 24.2. The summed E-state index contributed by atoms with van der Waals surface area (Å²) in [6, 6.07) is 19.9. The number of halogens is 4. The van der Waals surface area contributed by atoms with Gasteiger partial charge >= 0.3 is 18.2 Å². The van der Waals surface area contributed by atoms with E-state index >= 15 is 0 Å². The zero-order valence-electron chi connectivity index (χ0n) is 23.4. The number of nitrogens with zero attached hydrogens (tertiary/aromatic N) is 1. The van der Waals surface area contributed by atoms with Crippen molar-refractivity contribution in [1.29, 1.82) is 0 Å². The van der Waals surface area contributed by atoms with Gasteiger partial charge in [-0.3, -0.25) is 4.90 Å². The highest BCUT2D eigenvalue weighted by atomic mass is 35.5. The Balaban J connectivity index is 1.59. The number of hydrogen-bond acceptors (Lipinski definition) is 4. The average molecular weight is 610 g/mol. The second-order valence-corrected chi connectivity index (χ2v) is 10.8. The predicted octanol–water partition coefficient (Wildman–Crippen LogP) is 8.79. The van der Waals surface area contributed by atoms with E-state index in [4.69, 9.17) is 21.1 Å². The number of carbonyl (C=O) groups is 2. The van der Waals surface area contributed by atoms with Crippen LogP contribution in [0.3, 0.4) is 0 Å². The first-order valence-electron chi connectivity index (χ1n) is 13.3. The molecule has 6 nitrogen and oxygen atoms in total. The summed E-state index contributed by atoms with van der Waals surface area (Å²) in [6.45, 7) is 3.40. The Hall–Kier alpha value is -4.50. The standard InChI is InChI=1S/C33H27ClF3NO5/c1-18-13-22(31(39)40)7-10-26(18)20-8-12-29(42-3)28(16-20)27-11-9-24(33(35,36)37)14-23(27)17-38-19(2)30(43-32(38)41)21-5-4-6-25(34)15-21/h4-16,19,30H,17H2,1-3H3,(H,39,40)/t19-,30-/m0/s1. The van der Waals surface area contributed by atoms with E-state index in [-0.39, 0.29) is 17.7 Å². The predicted molar refractivity (Wildman–Crippen MR) is 156 cm³/mol. The van der Waals surface area contributed by atoms with E-state index in [9.17, 15) is 27.9 Å². The zero-order chi connectivity index (χ0) is 31.1. The minimum absolute atomic E-state index is 0.141. The maximum absolute atomic E-state index is 13.9. The molecule has 1 heterocycles. The molecule has 222 valence electrons. The number of cyclic esters (lactones) is 1. The van der Waals surface area contributed by atoms with Crippen LogP contribution in [-0.4, -0.2) is 35.2 Å². The number of hydrogen-bond donors (Lipinski definition) is 1. The molecule has 1 fully saturated rings. The van der Waals surface area contributed by atoms with Gasteiger partial charge < -0.3 is 14.6 Å². The second-order valence-electron chi connectivity index (χ2n) is 10.3. The minimum atomic E-state index is -4.61. The van der Waals surface area contributed by atoms with Gasteiger partial charge in [0.15, 0.2) is 0 Å². The number of rotatable bonds is 7. The molecule has 43 heavy (non-hydrogen) atoms. The molecule has 1 saturated heterocycles. The molecule has 0 bridgehead atoms. The molecular weight excluding hydrogens is 583 g/mol. The van der Waals surface area contributed by atoms with Crippen LogP contribution in [0.1, 0.15) is 45.6 Å². The van der Waals surface area contributed by atoms with Crippen molar-refractivity contribution in [2.45, 2.75) is 38.7 Å². The lowest BCUT2D eigenvalue weighted by Gasteiger charge is -2.24. The van der Waals surface area contributed by atoms with Gasteiger partial charge in [-0.25, -0.2) is 9.59 Å². The monoisotopic (exact) mass is 609 g/mol. The molecule has 10 heteroatoms. The van der Waals surface area contributed by atoms with E-state index in [1.54, 1.807) is 68.4 Å². The number of aromatic carboxylic acids is 1. The lowest BCUT2D eigenvalue weighted by atomic mass is 9.91. The van der Waals surface area contributed by atoms with Crippen molar-refractivity contribution in [3.8, 4) is 28.0 Å². The van der Waals surface area contributed by atoms with Gasteiger partial charge in [0, 0.05) is 10.6 Å². The first-order valence-corrected chi connectivity index (χ1v) is 13.7. The Bertz CT molecular complexity index is 1720. The van der Waals surface area contributed by atoms with Crippen molar-refractivity contribution in [2.24, 2.45) is 0 Å². The number of aryl methyl sites for hydroxylation is 1. The topological polar surface area (TPSA) is 76.1 Å². The number of alkyl halides is 3. The van der Waals surface area contributed by atoms with Crippen LogP contribution < -0.4 is 4.74 Å². The maximum Gasteiger partial charge on any atom is 0.416 e. The largest absolute Gasteiger partial charge is 0.496 e. The number of benzene rings is 4. The molecule has 1 N–H and O–H groups in total. The van der Waals surface area contributed by atoms with Gasteiger partial charge in [-0.2, -0.15) is 13.2 Å². The summed E-state index contributed by atoms with van der Waals surface area (Å²) in [5, 5.41) is 9.82. The molecule has 0 aliphatic carbocycles. The SMILES string of the molecule is COc1ccc(-c2ccc(C(=O)O)cc2C)cc1-c1ccc(C(F)(F)F)cc1CN1C(=O)O[C@H](c2cccc(Cl)c2)[C@@H]1C. The summed E-state index contributed by atoms with van der Waals surface area (Å²) in [4.78, 5) is 25.9. The Morgan fingerprint density at radius 1 is 1.00 bits per heavy atom. The van der Waals surface area contributed by atoms with E-state index < -0.39 is 35.9 Å². The smallest absolute Gasteiger partial charge is 0.416 e. The quantitative estimate of drug-likeness (QED) is 0.227. The number of carbonyl (C=O) groups excluding carboxylic acids is 1. The molecule has 4 aromatic rings. The molecule has 4 aromatic carbocycles. The molecule has 1 aliphatic rings. The minimum Gasteiger partial charge on any atom is -0.496 e. The molecule has 2 atom stereocenters. The highest BCUT2D eigenvalue weighted by molar-refractivity contribution is 6.30. The molecule has 0 aromatic heterocycles. The lowest BCUT2D eigenvalue weighted by molar-refractivity contribution is -0.137. The van der Waals surface area contributed by atoms with Gasteiger partial charge in [-0.05, 0) is 95.8 Å². The highest BCUT2D eigenvalue weighted by Gasteiger charge is 2.40. The van der Waals surface area contributed by atoms with Crippen LogP contribution in [0.4, 0.5) is 18.0 Å². The van der Waals surface area contributed by atoms with Crippen molar-refractivity contribution in [3.63, 3.8) is 0 Å². The molecule has 0 radical (unpaired) electrons. The van der Waals surface area contributed by atoms with Crippen LogP contribution in [0, 0.1) is 6.92 Å². The van der Waals surface area contributed by atoms with Crippen molar-refractivity contribution >= 4 is 23.7 Å². The first-order chi connectivity index (χ1) is 20.4. The Morgan fingerprint density at radius 2 is 1.74 bits per heavy atom. The van der Waals surface area contributed by atoms with Gasteiger partial charge in [0.2, 0.25) is 0 Å². The van der Waals surface area contributed by atoms with E-state index in [2.05, 4.69) is 0 Å². The summed E-state index contributed by atoms with van der Waals surface area (Å²) >= 11 is 6.14. The highest BCUT2D eigenvalue weighted by Crippen LogP contribution is 2.41. The second kappa shape index (κ2) is 11.6. The van der Waals surface area contributed by atoms with Gasteiger partial charge in [0.25, 0.3) is 0 Å². The normalized spacial score (nSPS) is 16.7. The summed E-state index contributed by atoms with van der Waals surface area (Å²) in [6.07, 6.45) is -5.92. The van der Waals surface area contributed by atoms with Crippen molar-refractivity contribution in [1.82, 2.24) is 4.90 Å². The van der Waals surface area contributed by atoms with Crippen LogP contribution in [-0.2, 0) is 17.5 Å². The summed E-state index contributed by atoms with van der Waals surface area (Å²) < 4.78 is 52.9. The van der Waals surface area contributed by atoms with Crippen LogP contribution in [0.2, 0.25) is 5.02 Å². The van der Waals surface area contributed by atoms with Crippen LogP contribution >= 0.6 is 11.6 Å². The Morgan fingerprint density at radius 3 is 2.40 bits per heavy atom. The molecular formula is C33H27ClF3NO5. The number of methoxy groups -OCH3 is 1. The van der Waals surface area contributed by atoms with Crippen LogP contribution in [0.15, 0.2) is 78.9 Å². The number of carboxylic acids is 1. The first kappa shape index (κ1) is 30.0. The number of carboxylic acid groups (broad SMARTS) is 1. The molecule has 0 unspecified atom stereocenters. The van der Waals surface area contributed by atoms with E-state index in [0.717, 1.165) is 17.7 Å². The summed E-state index contributed by atoms with van der Waals surface area (Å²) in [7, 11) is 1.46. The molecule has 5 rings (SSSR count). The number of amides is 1. The fourth-order valence-corrected chi connectivity index (χ4v) is 5.60. The van der Waals surface area contributed by atoms with Gasteiger partial charge in [-0.15, -0.1) is 0 Å². The Labute approximate surface area is 251 Å². The maximum atomic E-state index is 13.9. The third-order valence-corrected chi connectivity index (χ3v) is 7.85. The lowest BCUT2D eigenvalue weighted by Crippen LogP contribution is -2.31. The number of ether oxygens (including phenoxy) is 2. The van der Waals surface area contributed by atoms with Crippen molar-refractivity contribution < 1.29 is 37.3 Å².